The Morgan fingerprint density at radius 3 is 2.83 bits per heavy atom. The van der Waals surface area contributed by atoms with Gasteiger partial charge in [-0.05, 0) is 25.8 Å². The molecule has 0 radical (unpaired) electrons. The van der Waals surface area contributed by atoms with Gasteiger partial charge in [0.1, 0.15) is 11.5 Å². The lowest BCUT2D eigenvalue weighted by Gasteiger charge is -2.31. The van der Waals surface area contributed by atoms with Crippen LogP contribution in [0.2, 0.25) is 0 Å². The minimum atomic E-state index is -4.37. The molecule has 0 aromatic carbocycles. The number of likely N-dealkylation sites (tertiary alicyclic amines) is 1. The van der Waals surface area contributed by atoms with Crippen molar-refractivity contribution in [3.05, 3.63) is 35.2 Å². The van der Waals surface area contributed by atoms with Gasteiger partial charge in [0.15, 0.2) is 0 Å². The third kappa shape index (κ3) is 3.63. The van der Waals surface area contributed by atoms with E-state index in [4.69, 9.17) is 0 Å². The highest BCUT2D eigenvalue weighted by Crippen LogP contribution is 2.31. The van der Waals surface area contributed by atoms with Crippen molar-refractivity contribution in [1.29, 1.82) is 0 Å². The van der Waals surface area contributed by atoms with Crippen LogP contribution in [-0.2, 0) is 26.2 Å². The average molecular weight is 341 g/mol. The molecule has 0 saturated carbocycles. The molecule has 0 unspecified atom stereocenters. The number of imidazole rings is 1. The number of rotatable bonds is 4. The first-order valence-electron chi connectivity index (χ1n) is 8.22. The smallest absolute Gasteiger partial charge is 0.338 e. The molecule has 0 aliphatic carbocycles. The van der Waals surface area contributed by atoms with Crippen molar-refractivity contribution < 1.29 is 13.2 Å². The van der Waals surface area contributed by atoms with Crippen LogP contribution in [0, 0.1) is 0 Å². The van der Waals surface area contributed by atoms with E-state index < -0.39 is 11.9 Å². The second kappa shape index (κ2) is 6.58. The molecule has 132 valence electrons. The van der Waals surface area contributed by atoms with E-state index in [0.717, 1.165) is 44.2 Å². The molecule has 1 N–H and O–H groups in total. The van der Waals surface area contributed by atoms with E-state index in [1.165, 1.54) is 5.56 Å². The summed E-state index contributed by atoms with van der Waals surface area (Å²) in [5.74, 6) is 0.450. The van der Waals surface area contributed by atoms with Gasteiger partial charge in [0.2, 0.25) is 0 Å². The van der Waals surface area contributed by atoms with E-state index in [1.54, 1.807) is 0 Å². The SMILES string of the molecule is CCc1nn(C)cc1CN1CCC[C@H](c2ncc(C(F)(F)F)[nH]2)C1. The van der Waals surface area contributed by atoms with Crippen LogP contribution in [0.1, 0.15) is 48.5 Å². The Morgan fingerprint density at radius 2 is 2.17 bits per heavy atom. The predicted octanol–water partition coefficient (Wildman–Crippen LogP) is 3.10. The van der Waals surface area contributed by atoms with Gasteiger partial charge in [-0.25, -0.2) is 4.98 Å². The lowest BCUT2D eigenvalue weighted by molar-refractivity contribution is -0.141. The monoisotopic (exact) mass is 341 g/mol. The van der Waals surface area contributed by atoms with Crippen molar-refractivity contribution in [1.82, 2.24) is 24.6 Å². The highest BCUT2D eigenvalue weighted by molar-refractivity contribution is 5.17. The van der Waals surface area contributed by atoms with Gasteiger partial charge >= 0.3 is 6.18 Å². The molecule has 3 heterocycles. The Hall–Kier alpha value is -1.83. The van der Waals surface area contributed by atoms with Gasteiger partial charge in [0.05, 0.1) is 11.9 Å². The molecule has 0 amide bonds. The molecule has 8 heteroatoms. The van der Waals surface area contributed by atoms with Crippen molar-refractivity contribution >= 4 is 0 Å². The minimum absolute atomic E-state index is 0.0107. The van der Waals surface area contributed by atoms with E-state index in [0.29, 0.717) is 12.4 Å². The molecule has 1 atom stereocenters. The predicted molar refractivity (Wildman–Crippen MR) is 83.4 cm³/mol. The van der Waals surface area contributed by atoms with Crippen LogP contribution in [0.25, 0.3) is 0 Å². The first-order valence-corrected chi connectivity index (χ1v) is 8.22. The number of nitrogens with zero attached hydrogens (tertiary/aromatic N) is 4. The molecule has 5 nitrogen and oxygen atoms in total. The van der Waals surface area contributed by atoms with Crippen LogP contribution in [-0.4, -0.2) is 37.7 Å². The standard InChI is InChI=1S/C16H22F3N5/c1-3-13-12(8-23(2)22-13)10-24-6-4-5-11(9-24)15-20-7-14(21-15)16(17,18)19/h7-8,11H,3-6,9-10H2,1-2H3,(H,20,21)/t11-/m0/s1. The number of H-pyrrole nitrogens is 1. The number of aryl methyl sites for hydroxylation is 2. The van der Waals surface area contributed by atoms with Gasteiger partial charge < -0.3 is 4.98 Å². The first kappa shape index (κ1) is 17.0. The summed E-state index contributed by atoms with van der Waals surface area (Å²) in [4.78, 5) is 8.70. The van der Waals surface area contributed by atoms with E-state index >= 15 is 0 Å². The molecule has 1 fully saturated rings. The minimum Gasteiger partial charge on any atom is -0.338 e. The summed E-state index contributed by atoms with van der Waals surface area (Å²) in [6.45, 7) is 4.51. The van der Waals surface area contributed by atoms with E-state index in [9.17, 15) is 13.2 Å². The van der Waals surface area contributed by atoms with E-state index in [2.05, 4.69) is 26.9 Å². The Bertz CT molecular complexity index is 688. The highest BCUT2D eigenvalue weighted by atomic mass is 19.4. The van der Waals surface area contributed by atoms with Gasteiger partial charge in [-0.1, -0.05) is 6.92 Å². The summed E-state index contributed by atoms with van der Waals surface area (Å²) < 4.78 is 40.0. The zero-order chi connectivity index (χ0) is 17.3. The quantitative estimate of drug-likeness (QED) is 0.930. The van der Waals surface area contributed by atoms with Crippen LogP contribution in [0.5, 0.6) is 0 Å². The summed E-state index contributed by atoms with van der Waals surface area (Å²) in [5.41, 5.74) is 1.50. The number of nitrogens with one attached hydrogen (secondary N) is 1. The number of piperidine rings is 1. The van der Waals surface area contributed by atoms with Crippen molar-refractivity contribution in [2.24, 2.45) is 7.05 Å². The maximum atomic E-state index is 12.7. The van der Waals surface area contributed by atoms with Gasteiger partial charge in [-0.15, -0.1) is 0 Å². The van der Waals surface area contributed by atoms with Gasteiger partial charge in [-0.2, -0.15) is 18.3 Å². The normalized spacial score (nSPS) is 19.8. The second-order valence-corrected chi connectivity index (χ2v) is 6.38. The fourth-order valence-corrected chi connectivity index (χ4v) is 3.36. The average Bonchev–Trinajstić information content (AvgIpc) is 3.14. The van der Waals surface area contributed by atoms with Crippen molar-refractivity contribution in [2.75, 3.05) is 13.1 Å². The maximum absolute atomic E-state index is 12.7. The number of alkyl halides is 3. The number of hydrogen-bond acceptors (Lipinski definition) is 3. The molecule has 3 rings (SSSR count). The Morgan fingerprint density at radius 1 is 1.38 bits per heavy atom. The Kier molecular flexibility index (Phi) is 4.67. The molecular formula is C16H22F3N5. The first-order chi connectivity index (χ1) is 11.4. The summed E-state index contributed by atoms with van der Waals surface area (Å²) >= 11 is 0. The van der Waals surface area contributed by atoms with Gasteiger partial charge in [-0.3, -0.25) is 9.58 Å². The molecule has 0 bridgehead atoms. The summed E-state index contributed by atoms with van der Waals surface area (Å²) in [6.07, 6.45) is 1.23. The number of hydrogen-bond donors (Lipinski definition) is 1. The molecule has 2 aromatic heterocycles. The van der Waals surface area contributed by atoms with Crippen LogP contribution in [0.4, 0.5) is 13.2 Å². The van der Waals surface area contributed by atoms with Crippen LogP contribution in [0.3, 0.4) is 0 Å². The largest absolute Gasteiger partial charge is 0.432 e. The maximum Gasteiger partial charge on any atom is 0.432 e. The second-order valence-electron chi connectivity index (χ2n) is 6.38. The molecule has 0 spiro atoms. The summed E-state index contributed by atoms with van der Waals surface area (Å²) in [7, 11) is 1.91. The van der Waals surface area contributed by atoms with Crippen molar-refractivity contribution in [3.63, 3.8) is 0 Å². The Balaban J connectivity index is 1.69. The Labute approximate surface area is 138 Å². The fourth-order valence-electron chi connectivity index (χ4n) is 3.36. The summed E-state index contributed by atoms with van der Waals surface area (Å²) in [5, 5.41) is 4.45. The molecule has 1 saturated heterocycles. The van der Waals surface area contributed by atoms with Crippen molar-refractivity contribution in [2.45, 2.75) is 44.8 Å². The third-order valence-corrected chi connectivity index (χ3v) is 4.51. The van der Waals surface area contributed by atoms with Crippen LogP contribution >= 0.6 is 0 Å². The van der Waals surface area contributed by atoms with Gasteiger partial charge in [0.25, 0.3) is 0 Å². The summed E-state index contributed by atoms with van der Waals surface area (Å²) in [6, 6.07) is 0. The van der Waals surface area contributed by atoms with Crippen LogP contribution in [0.15, 0.2) is 12.4 Å². The molecular weight excluding hydrogens is 319 g/mol. The van der Waals surface area contributed by atoms with E-state index in [-0.39, 0.29) is 5.92 Å². The molecule has 1 aliphatic rings. The number of halogens is 3. The zero-order valence-electron chi connectivity index (χ0n) is 13.9. The lowest BCUT2D eigenvalue weighted by atomic mass is 9.97. The van der Waals surface area contributed by atoms with Gasteiger partial charge in [0, 0.05) is 37.8 Å². The topological polar surface area (TPSA) is 49.7 Å². The fraction of sp³-hybridized carbons (Fsp3) is 0.625. The van der Waals surface area contributed by atoms with Crippen molar-refractivity contribution in [3.8, 4) is 0 Å². The molecule has 2 aromatic rings. The molecule has 1 aliphatic heterocycles. The number of aromatic nitrogens is 4. The zero-order valence-corrected chi connectivity index (χ0v) is 13.9. The lowest BCUT2D eigenvalue weighted by Crippen LogP contribution is -2.34. The van der Waals surface area contributed by atoms with Crippen LogP contribution < -0.4 is 0 Å². The number of aromatic amines is 1. The molecule has 24 heavy (non-hydrogen) atoms. The highest BCUT2D eigenvalue weighted by Gasteiger charge is 2.34. The van der Waals surface area contributed by atoms with E-state index in [1.807, 2.05) is 17.9 Å². The third-order valence-electron chi connectivity index (χ3n) is 4.51.